The van der Waals surface area contributed by atoms with Gasteiger partial charge in [0.25, 0.3) is 0 Å². The molecule has 0 radical (unpaired) electrons. The predicted molar refractivity (Wildman–Crippen MR) is 214 cm³/mol. The molecule has 0 aromatic heterocycles. The van der Waals surface area contributed by atoms with Gasteiger partial charge >= 0.3 is 6.09 Å². The van der Waals surface area contributed by atoms with Crippen molar-refractivity contribution in [1.29, 1.82) is 0 Å². The lowest BCUT2D eigenvalue weighted by molar-refractivity contribution is 0.0603. The largest absolute Gasteiger partial charge is 0.497 e. The van der Waals surface area contributed by atoms with Gasteiger partial charge in [-0.2, -0.15) is 0 Å². The molecule has 0 saturated heterocycles. The number of hydrogen-bond donors (Lipinski definition) is 2. The number of aliphatic hydroxyl groups excluding tert-OH is 1. The molecule has 0 aliphatic carbocycles. The van der Waals surface area contributed by atoms with Crippen LogP contribution in [-0.4, -0.2) is 50.3 Å². The number of para-hydroxylation sites is 1. The molecule has 5 aromatic carbocycles. The maximum atomic E-state index is 12.9. The Morgan fingerprint density at radius 1 is 0.611 bits per heavy atom. The van der Waals surface area contributed by atoms with Crippen LogP contribution in [0.5, 0.6) is 23.0 Å². The molecular weight excluding hydrogens is 679 g/mol. The van der Waals surface area contributed by atoms with Crippen molar-refractivity contribution in [2.45, 2.75) is 70.5 Å². The molecule has 1 amide bonds. The van der Waals surface area contributed by atoms with E-state index in [1.807, 2.05) is 73.7 Å². The molecule has 2 atom stereocenters. The summed E-state index contributed by atoms with van der Waals surface area (Å²) in [6, 6.07) is 41.4. The van der Waals surface area contributed by atoms with Crippen molar-refractivity contribution in [2.24, 2.45) is 0 Å². The predicted octanol–water partition coefficient (Wildman–Crippen LogP) is 9.96. The standard InChI is InChI=1S/C46H53NO7/c1-7-38(48)31-52-41-25-17-35(18-26-41)46(4,5)34-15-23-40(24-16-34)51-30-29-43(54-44(49)47-37-11-9-8-10-12-37)32-53-42-27-19-36(20-28-42)45(2,3)33-13-21-39(50-6)22-14-33/h8-28,38,43,48H,7,29-32H2,1-6H3,(H,47,49). The van der Waals surface area contributed by atoms with Gasteiger partial charge in [-0.3, -0.25) is 5.32 Å². The smallest absolute Gasteiger partial charge is 0.412 e. The molecule has 2 unspecified atom stereocenters. The summed E-state index contributed by atoms with van der Waals surface area (Å²) in [5.41, 5.74) is 4.76. The van der Waals surface area contributed by atoms with E-state index in [2.05, 4.69) is 81.5 Å². The fourth-order valence-corrected chi connectivity index (χ4v) is 6.05. The Balaban J connectivity index is 1.19. The minimum Gasteiger partial charge on any atom is -0.497 e. The number of rotatable bonds is 18. The molecule has 0 spiro atoms. The zero-order valence-electron chi connectivity index (χ0n) is 32.2. The summed E-state index contributed by atoms with van der Waals surface area (Å²) in [5, 5.41) is 12.6. The first-order valence-electron chi connectivity index (χ1n) is 18.5. The first kappa shape index (κ1) is 39.7. The highest BCUT2D eigenvalue weighted by atomic mass is 16.6. The number of aliphatic hydroxyl groups is 1. The van der Waals surface area contributed by atoms with Gasteiger partial charge in [-0.05, 0) is 89.3 Å². The summed E-state index contributed by atoms with van der Waals surface area (Å²) in [4.78, 5) is 12.9. The fourth-order valence-electron chi connectivity index (χ4n) is 6.05. The third-order valence-corrected chi connectivity index (χ3v) is 9.89. The van der Waals surface area contributed by atoms with E-state index in [4.69, 9.17) is 23.7 Å². The van der Waals surface area contributed by atoms with E-state index in [1.165, 1.54) is 5.56 Å². The van der Waals surface area contributed by atoms with Crippen molar-refractivity contribution in [1.82, 2.24) is 0 Å². The molecule has 0 aliphatic heterocycles. The minimum atomic E-state index is -0.570. The maximum absolute atomic E-state index is 12.9. The average molecular weight is 732 g/mol. The molecule has 0 heterocycles. The second kappa shape index (κ2) is 18.5. The second-order valence-electron chi connectivity index (χ2n) is 14.4. The van der Waals surface area contributed by atoms with E-state index < -0.39 is 18.3 Å². The molecular formula is C46H53NO7. The normalized spacial score (nSPS) is 12.6. The molecule has 8 heteroatoms. The van der Waals surface area contributed by atoms with Crippen molar-refractivity contribution in [3.8, 4) is 23.0 Å². The van der Waals surface area contributed by atoms with Gasteiger partial charge in [-0.25, -0.2) is 4.79 Å². The number of ether oxygens (including phenoxy) is 5. The van der Waals surface area contributed by atoms with Crippen LogP contribution in [0.25, 0.3) is 0 Å². The van der Waals surface area contributed by atoms with Crippen molar-refractivity contribution >= 4 is 11.8 Å². The molecule has 2 N–H and O–H groups in total. The molecule has 54 heavy (non-hydrogen) atoms. The number of benzene rings is 5. The zero-order valence-corrected chi connectivity index (χ0v) is 32.2. The highest BCUT2D eigenvalue weighted by molar-refractivity contribution is 5.84. The van der Waals surface area contributed by atoms with Gasteiger partial charge in [0.15, 0.2) is 0 Å². The van der Waals surface area contributed by atoms with Crippen molar-refractivity contribution in [3.63, 3.8) is 0 Å². The number of anilines is 1. The van der Waals surface area contributed by atoms with Gasteiger partial charge in [0.2, 0.25) is 0 Å². The minimum absolute atomic E-state index is 0.156. The van der Waals surface area contributed by atoms with E-state index in [-0.39, 0.29) is 24.0 Å². The topological polar surface area (TPSA) is 95.5 Å². The van der Waals surface area contributed by atoms with Crippen molar-refractivity contribution < 1.29 is 33.6 Å². The monoisotopic (exact) mass is 731 g/mol. The van der Waals surface area contributed by atoms with E-state index in [1.54, 1.807) is 19.2 Å². The van der Waals surface area contributed by atoms with Gasteiger partial charge in [0, 0.05) is 22.9 Å². The Hall–Kier alpha value is -5.47. The van der Waals surface area contributed by atoms with Gasteiger partial charge < -0.3 is 28.8 Å². The zero-order chi connectivity index (χ0) is 38.6. The molecule has 0 saturated carbocycles. The van der Waals surface area contributed by atoms with Crippen LogP contribution in [0.3, 0.4) is 0 Å². The third kappa shape index (κ3) is 10.8. The van der Waals surface area contributed by atoms with Gasteiger partial charge in [-0.1, -0.05) is 101 Å². The highest BCUT2D eigenvalue weighted by Gasteiger charge is 2.25. The number of methoxy groups -OCH3 is 1. The van der Waals surface area contributed by atoms with Crippen LogP contribution in [0.2, 0.25) is 0 Å². The fraction of sp³-hybridized carbons (Fsp3) is 0.326. The van der Waals surface area contributed by atoms with Crippen LogP contribution in [-0.2, 0) is 15.6 Å². The third-order valence-electron chi connectivity index (χ3n) is 9.89. The molecule has 0 bridgehead atoms. The molecule has 0 fully saturated rings. The molecule has 5 aromatic rings. The Morgan fingerprint density at radius 3 is 1.48 bits per heavy atom. The van der Waals surface area contributed by atoms with Crippen molar-refractivity contribution in [2.75, 3.05) is 32.2 Å². The van der Waals surface area contributed by atoms with Crippen LogP contribution in [0.4, 0.5) is 10.5 Å². The summed E-state index contributed by atoms with van der Waals surface area (Å²) in [7, 11) is 1.67. The van der Waals surface area contributed by atoms with Gasteiger partial charge in [0.1, 0.15) is 42.3 Å². The first-order chi connectivity index (χ1) is 26.0. The van der Waals surface area contributed by atoms with Crippen molar-refractivity contribution in [3.05, 3.63) is 150 Å². The summed E-state index contributed by atoms with van der Waals surface area (Å²) in [6.07, 6.45) is -0.528. The van der Waals surface area contributed by atoms with Crippen LogP contribution in [0.15, 0.2) is 127 Å². The molecule has 0 aliphatic rings. The van der Waals surface area contributed by atoms with Crippen LogP contribution in [0, 0.1) is 0 Å². The molecule has 8 nitrogen and oxygen atoms in total. The quantitative estimate of drug-likeness (QED) is 0.0927. The summed E-state index contributed by atoms with van der Waals surface area (Å²) in [5.74, 6) is 2.96. The number of carbonyl (C=O) groups is 1. The Bertz CT molecular complexity index is 1870. The summed E-state index contributed by atoms with van der Waals surface area (Å²) in [6.45, 7) is 11.4. The Kier molecular flexibility index (Phi) is 13.6. The van der Waals surface area contributed by atoms with Crippen LogP contribution < -0.4 is 24.3 Å². The first-order valence-corrected chi connectivity index (χ1v) is 18.5. The average Bonchev–Trinajstić information content (AvgIpc) is 3.19. The van der Waals surface area contributed by atoms with E-state index in [9.17, 15) is 9.90 Å². The van der Waals surface area contributed by atoms with E-state index in [0.717, 1.165) is 33.9 Å². The lowest BCUT2D eigenvalue weighted by Gasteiger charge is -2.27. The number of nitrogens with one attached hydrogen (secondary N) is 1. The highest BCUT2D eigenvalue weighted by Crippen LogP contribution is 2.35. The van der Waals surface area contributed by atoms with Crippen LogP contribution >= 0.6 is 0 Å². The Labute approximate surface area is 320 Å². The second-order valence-corrected chi connectivity index (χ2v) is 14.4. The SMILES string of the molecule is CCC(O)COc1ccc(C(C)(C)c2ccc(OCCC(COc3ccc(C(C)(C)c4ccc(OC)cc4)cc3)OC(=O)Nc3ccccc3)cc2)cc1. The number of amides is 1. The number of carbonyl (C=O) groups excluding carboxylic acids is 1. The van der Waals surface area contributed by atoms with E-state index >= 15 is 0 Å². The number of hydrogen-bond acceptors (Lipinski definition) is 7. The van der Waals surface area contributed by atoms with Gasteiger partial charge in [0.05, 0.1) is 19.8 Å². The summed E-state index contributed by atoms with van der Waals surface area (Å²) >= 11 is 0. The van der Waals surface area contributed by atoms with Gasteiger partial charge in [-0.15, -0.1) is 0 Å². The molecule has 284 valence electrons. The lowest BCUT2D eigenvalue weighted by Crippen LogP contribution is -2.29. The van der Waals surface area contributed by atoms with E-state index in [0.29, 0.717) is 30.9 Å². The Morgan fingerprint density at radius 2 is 1.04 bits per heavy atom. The van der Waals surface area contributed by atoms with Crippen LogP contribution in [0.1, 0.15) is 69.7 Å². The maximum Gasteiger partial charge on any atom is 0.412 e. The lowest BCUT2D eigenvalue weighted by atomic mass is 9.78. The molecule has 5 rings (SSSR count). The summed E-state index contributed by atoms with van der Waals surface area (Å²) < 4.78 is 29.2.